The molecule has 1 nitrogen and oxygen atoms in total. The van der Waals surface area contributed by atoms with Crippen molar-refractivity contribution in [3.8, 4) is 0 Å². The van der Waals surface area contributed by atoms with Gasteiger partial charge in [-0.05, 0) is 36.6 Å². The minimum Gasteiger partial charge on any atom is -0.396 e. The number of hydrogen-bond acceptors (Lipinski definition) is 1. The van der Waals surface area contributed by atoms with Gasteiger partial charge < -0.3 is 5.11 Å². The molecule has 2 rings (SSSR count). The monoisotopic (exact) mass is 244 g/mol. The molecule has 0 spiro atoms. The maximum absolute atomic E-state index is 13.1. The third-order valence-electron chi connectivity index (χ3n) is 3.11. The van der Waals surface area contributed by atoms with Crippen molar-refractivity contribution >= 4 is 0 Å². The van der Waals surface area contributed by atoms with Crippen LogP contribution in [0.25, 0.3) is 0 Å². The molecule has 2 aromatic rings. The molecule has 0 saturated carbocycles. The predicted octanol–water partition coefficient (Wildman–Crippen LogP) is 3.45. The molecule has 0 bridgehead atoms. The zero-order valence-corrected chi connectivity index (χ0v) is 10.4. The fourth-order valence-electron chi connectivity index (χ4n) is 2.16. The predicted molar refractivity (Wildman–Crippen MR) is 71.1 cm³/mol. The number of halogens is 1. The van der Waals surface area contributed by atoms with E-state index in [1.165, 1.54) is 17.7 Å². The third-order valence-corrected chi connectivity index (χ3v) is 3.11. The minimum atomic E-state index is -0.228. The summed E-state index contributed by atoms with van der Waals surface area (Å²) in [5, 5.41) is 9.51. The van der Waals surface area contributed by atoms with Crippen LogP contribution in [0.5, 0.6) is 0 Å². The summed E-state index contributed by atoms with van der Waals surface area (Å²) in [5.74, 6) is -0.208. The molecule has 1 atom stereocenters. The van der Waals surface area contributed by atoms with Crippen LogP contribution < -0.4 is 0 Å². The first kappa shape index (κ1) is 12.8. The molecule has 0 aliphatic rings. The molecule has 0 heterocycles. The summed E-state index contributed by atoms with van der Waals surface area (Å²) >= 11 is 0. The third kappa shape index (κ3) is 3.17. The van der Waals surface area contributed by atoms with Crippen molar-refractivity contribution in [2.45, 2.75) is 19.3 Å². The summed E-state index contributed by atoms with van der Waals surface area (Å²) in [6.07, 6.45) is 0.651. The zero-order valence-electron chi connectivity index (χ0n) is 10.4. The fraction of sp³-hybridized carbons (Fsp3) is 0.250. The maximum atomic E-state index is 13.1. The molecular formula is C16H17FO. The van der Waals surface area contributed by atoms with Crippen LogP contribution >= 0.6 is 0 Å². The average Bonchev–Trinajstić information content (AvgIpc) is 2.36. The van der Waals surface area contributed by atoms with Gasteiger partial charge in [0.25, 0.3) is 0 Å². The molecule has 1 unspecified atom stereocenters. The largest absolute Gasteiger partial charge is 0.396 e. The molecule has 94 valence electrons. The Hall–Kier alpha value is -1.67. The van der Waals surface area contributed by atoms with Gasteiger partial charge in [0.05, 0.1) is 6.61 Å². The van der Waals surface area contributed by atoms with E-state index in [0.29, 0.717) is 6.42 Å². The molecule has 0 fully saturated rings. The summed E-state index contributed by atoms with van der Waals surface area (Å²) in [6.45, 7) is 2.10. The van der Waals surface area contributed by atoms with Gasteiger partial charge in [0.2, 0.25) is 0 Å². The molecule has 2 aromatic carbocycles. The molecule has 0 saturated heterocycles. The van der Waals surface area contributed by atoms with Crippen LogP contribution in [0.4, 0.5) is 4.39 Å². The van der Waals surface area contributed by atoms with Gasteiger partial charge in [-0.2, -0.15) is 0 Å². The lowest BCUT2D eigenvalue weighted by molar-refractivity contribution is 0.264. The van der Waals surface area contributed by atoms with Crippen molar-refractivity contribution in [1.82, 2.24) is 0 Å². The second kappa shape index (κ2) is 5.78. The highest BCUT2D eigenvalue weighted by Crippen LogP contribution is 2.21. The maximum Gasteiger partial charge on any atom is 0.123 e. The molecule has 2 heteroatoms. The van der Waals surface area contributed by atoms with E-state index in [2.05, 4.69) is 6.07 Å². The van der Waals surface area contributed by atoms with Gasteiger partial charge in [-0.25, -0.2) is 4.39 Å². The number of hydrogen-bond donors (Lipinski definition) is 1. The highest BCUT2D eigenvalue weighted by molar-refractivity contribution is 5.28. The lowest BCUT2D eigenvalue weighted by atomic mass is 9.92. The first-order valence-electron chi connectivity index (χ1n) is 6.11. The molecule has 0 radical (unpaired) electrons. The zero-order chi connectivity index (χ0) is 13.0. The van der Waals surface area contributed by atoms with Crippen molar-refractivity contribution in [3.05, 3.63) is 71.0 Å². The second-order valence-electron chi connectivity index (χ2n) is 4.63. The Morgan fingerprint density at radius 2 is 1.89 bits per heavy atom. The summed E-state index contributed by atoms with van der Waals surface area (Å²) in [7, 11) is 0. The van der Waals surface area contributed by atoms with E-state index < -0.39 is 0 Å². The number of benzene rings is 2. The van der Waals surface area contributed by atoms with Gasteiger partial charge in [-0.3, -0.25) is 0 Å². The molecule has 0 aliphatic carbocycles. The van der Waals surface area contributed by atoms with Gasteiger partial charge >= 0.3 is 0 Å². The summed E-state index contributed by atoms with van der Waals surface area (Å²) in [6, 6.07) is 14.6. The van der Waals surface area contributed by atoms with Crippen molar-refractivity contribution in [2.75, 3.05) is 6.61 Å². The lowest BCUT2D eigenvalue weighted by Crippen LogP contribution is -2.08. The summed E-state index contributed by atoms with van der Waals surface area (Å²) < 4.78 is 13.1. The minimum absolute atomic E-state index is 0.0201. The molecular weight excluding hydrogens is 227 g/mol. The standard InChI is InChI=1S/C16H17FO/c1-12-4-2-6-14(8-12)15(11-18)9-13-5-3-7-16(17)10-13/h2-8,10,15,18H,9,11H2,1H3. The lowest BCUT2D eigenvalue weighted by Gasteiger charge is -2.15. The number of aliphatic hydroxyl groups excluding tert-OH is 1. The summed E-state index contributed by atoms with van der Waals surface area (Å²) in [5.41, 5.74) is 3.18. The van der Waals surface area contributed by atoms with E-state index in [9.17, 15) is 9.50 Å². The van der Waals surface area contributed by atoms with Crippen LogP contribution in [0.2, 0.25) is 0 Å². The molecule has 18 heavy (non-hydrogen) atoms. The highest BCUT2D eigenvalue weighted by atomic mass is 19.1. The van der Waals surface area contributed by atoms with Crippen molar-refractivity contribution in [3.63, 3.8) is 0 Å². The normalized spacial score (nSPS) is 12.4. The number of rotatable bonds is 4. The Balaban J connectivity index is 2.19. The van der Waals surface area contributed by atoms with Gasteiger partial charge in [0.15, 0.2) is 0 Å². The fourth-order valence-corrected chi connectivity index (χ4v) is 2.16. The average molecular weight is 244 g/mol. The Morgan fingerprint density at radius 3 is 2.56 bits per heavy atom. The van der Waals surface area contributed by atoms with Gasteiger partial charge in [-0.1, -0.05) is 42.0 Å². The summed E-state index contributed by atoms with van der Waals surface area (Å²) in [4.78, 5) is 0. The van der Waals surface area contributed by atoms with Crippen LogP contribution in [-0.4, -0.2) is 11.7 Å². The van der Waals surface area contributed by atoms with Crippen molar-refractivity contribution in [2.24, 2.45) is 0 Å². The number of aryl methyl sites for hydroxylation is 1. The first-order chi connectivity index (χ1) is 8.69. The van der Waals surface area contributed by atoms with Crippen LogP contribution in [0.1, 0.15) is 22.6 Å². The Bertz CT molecular complexity index is 522. The van der Waals surface area contributed by atoms with E-state index in [-0.39, 0.29) is 18.3 Å². The topological polar surface area (TPSA) is 20.2 Å². The van der Waals surface area contributed by atoms with E-state index in [1.54, 1.807) is 6.07 Å². The van der Waals surface area contributed by atoms with Crippen molar-refractivity contribution in [1.29, 1.82) is 0 Å². The van der Waals surface area contributed by atoms with E-state index in [1.807, 2.05) is 31.2 Å². The Labute approximate surface area is 107 Å². The van der Waals surface area contributed by atoms with Crippen LogP contribution in [-0.2, 0) is 6.42 Å². The van der Waals surface area contributed by atoms with Crippen molar-refractivity contribution < 1.29 is 9.50 Å². The molecule has 0 aromatic heterocycles. The Morgan fingerprint density at radius 1 is 1.11 bits per heavy atom. The Kier molecular flexibility index (Phi) is 4.11. The first-order valence-corrected chi connectivity index (χ1v) is 6.11. The van der Waals surface area contributed by atoms with Crippen LogP contribution in [0.15, 0.2) is 48.5 Å². The molecule has 0 amide bonds. The number of aliphatic hydroxyl groups is 1. The van der Waals surface area contributed by atoms with Gasteiger partial charge in [0.1, 0.15) is 5.82 Å². The molecule has 0 aliphatic heterocycles. The van der Waals surface area contributed by atoms with Gasteiger partial charge in [-0.15, -0.1) is 0 Å². The van der Waals surface area contributed by atoms with E-state index in [0.717, 1.165) is 11.1 Å². The van der Waals surface area contributed by atoms with Crippen LogP contribution in [0, 0.1) is 12.7 Å². The smallest absolute Gasteiger partial charge is 0.123 e. The SMILES string of the molecule is Cc1cccc(C(CO)Cc2cccc(F)c2)c1. The van der Waals surface area contributed by atoms with E-state index >= 15 is 0 Å². The highest BCUT2D eigenvalue weighted by Gasteiger charge is 2.11. The quantitative estimate of drug-likeness (QED) is 0.873. The second-order valence-corrected chi connectivity index (χ2v) is 4.63. The van der Waals surface area contributed by atoms with Crippen LogP contribution in [0.3, 0.4) is 0 Å². The van der Waals surface area contributed by atoms with Gasteiger partial charge in [0, 0.05) is 5.92 Å². The molecule has 1 N–H and O–H groups in total. The van der Waals surface area contributed by atoms with E-state index in [4.69, 9.17) is 0 Å².